The van der Waals surface area contributed by atoms with E-state index in [0.717, 1.165) is 16.8 Å². The summed E-state index contributed by atoms with van der Waals surface area (Å²) in [5.41, 5.74) is 3.87. The highest BCUT2D eigenvalue weighted by Gasteiger charge is 2.10. The molecule has 0 atom stereocenters. The van der Waals surface area contributed by atoms with E-state index >= 15 is 0 Å². The number of carbonyl (C=O) groups is 1. The van der Waals surface area contributed by atoms with Gasteiger partial charge in [-0.05, 0) is 54.4 Å². The Morgan fingerprint density at radius 2 is 1.88 bits per heavy atom. The van der Waals surface area contributed by atoms with E-state index in [1.807, 2.05) is 31.2 Å². The summed E-state index contributed by atoms with van der Waals surface area (Å²) < 4.78 is 0. The van der Waals surface area contributed by atoms with Gasteiger partial charge in [-0.15, -0.1) is 0 Å². The highest BCUT2D eigenvalue weighted by atomic mass is 35.5. The van der Waals surface area contributed by atoms with Crippen LogP contribution in [0.3, 0.4) is 0 Å². The van der Waals surface area contributed by atoms with E-state index in [1.165, 1.54) is 0 Å². The number of nitrogens with zero attached hydrogens (tertiary/aromatic N) is 2. The first-order chi connectivity index (χ1) is 12.1. The number of rotatable bonds is 5. The summed E-state index contributed by atoms with van der Waals surface area (Å²) >= 11 is 5.99. The lowest BCUT2D eigenvalue weighted by molar-refractivity contribution is 0.102. The van der Waals surface area contributed by atoms with Crippen molar-refractivity contribution in [3.63, 3.8) is 0 Å². The number of benzene rings is 1. The zero-order valence-corrected chi connectivity index (χ0v) is 14.4. The zero-order chi connectivity index (χ0) is 17.6. The molecule has 6 heteroatoms. The van der Waals surface area contributed by atoms with E-state index in [1.54, 1.807) is 36.8 Å². The fraction of sp³-hybridized carbons (Fsp3) is 0.105. The number of hydrogen-bond donors (Lipinski definition) is 2. The van der Waals surface area contributed by atoms with Crippen LogP contribution < -0.4 is 10.6 Å². The van der Waals surface area contributed by atoms with Gasteiger partial charge in [0.2, 0.25) is 0 Å². The second-order valence-corrected chi connectivity index (χ2v) is 5.99. The molecule has 0 aliphatic heterocycles. The molecule has 0 saturated heterocycles. The van der Waals surface area contributed by atoms with E-state index in [-0.39, 0.29) is 5.91 Å². The van der Waals surface area contributed by atoms with Gasteiger partial charge in [0.15, 0.2) is 0 Å². The third-order valence-corrected chi connectivity index (χ3v) is 3.92. The summed E-state index contributed by atoms with van der Waals surface area (Å²) in [5.74, 6) is -0.280. The molecular weight excluding hydrogens is 336 g/mol. The van der Waals surface area contributed by atoms with Crippen LogP contribution in [0, 0.1) is 6.92 Å². The van der Waals surface area contributed by atoms with E-state index in [2.05, 4.69) is 20.6 Å². The number of anilines is 2. The van der Waals surface area contributed by atoms with Crippen LogP contribution in [0.2, 0.25) is 5.02 Å². The summed E-state index contributed by atoms with van der Waals surface area (Å²) in [4.78, 5) is 20.6. The van der Waals surface area contributed by atoms with Crippen molar-refractivity contribution in [2.75, 3.05) is 10.6 Å². The maximum absolute atomic E-state index is 12.5. The highest BCUT2D eigenvalue weighted by molar-refractivity contribution is 6.31. The molecule has 2 N–H and O–H groups in total. The molecule has 25 heavy (non-hydrogen) atoms. The third kappa shape index (κ3) is 4.55. The van der Waals surface area contributed by atoms with Crippen molar-refractivity contribution in [2.45, 2.75) is 13.5 Å². The monoisotopic (exact) mass is 352 g/mol. The number of pyridine rings is 2. The molecule has 2 aromatic heterocycles. The minimum atomic E-state index is -0.280. The number of aromatic nitrogens is 2. The predicted octanol–water partition coefficient (Wildman–Crippen LogP) is 4.30. The molecule has 0 radical (unpaired) electrons. The van der Waals surface area contributed by atoms with Crippen molar-refractivity contribution < 1.29 is 4.79 Å². The van der Waals surface area contributed by atoms with Gasteiger partial charge < -0.3 is 10.6 Å². The van der Waals surface area contributed by atoms with Gasteiger partial charge in [-0.25, -0.2) is 0 Å². The second-order valence-electron chi connectivity index (χ2n) is 5.55. The largest absolute Gasteiger partial charge is 0.381 e. The van der Waals surface area contributed by atoms with Crippen molar-refractivity contribution in [1.82, 2.24) is 9.97 Å². The summed E-state index contributed by atoms with van der Waals surface area (Å²) in [6, 6.07) is 12.8. The van der Waals surface area contributed by atoms with Crippen molar-refractivity contribution >= 4 is 28.9 Å². The fourth-order valence-corrected chi connectivity index (χ4v) is 2.46. The average molecular weight is 353 g/mol. The van der Waals surface area contributed by atoms with Crippen LogP contribution in [0.5, 0.6) is 0 Å². The van der Waals surface area contributed by atoms with Crippen LogP contribution in [0.4, 0.5) is 11.4 Å². The summed E-state index contributed by atoms with van der Waals surface area (Å²) in [7, 11) is 0. The fourth-order valence-electron chi connectivity index (χ4n) is 2.28. The Morgan fingerprint density at radius 3 is 2.68 bits per heavy atom. The van der Waals surface area contributed by atoms with Crippen molar-refractivity contribution in [3.05, 3.63) is 82.9 Å². The highest BCUT2D eigenvalue weighted by Crippen LogP contribution is 2.21. The predicted molar refractivity (Wildman–Crippen MR) is 99.9 cm³/mol. The number of hydrogen-bond acceptors (Lipinski definition) is 4. The number of amides is 1. The molecular formula is C19H17ClN4O. The Balaban J connectivity index is 1.70. The summed E-state index contributed by atoms with van der Waals surface area (Å²) in [6.45, 7) is 2.55. The molecule has 1 amide bonds. The number of nitrogens with one attached hydrogen (secondary N) is 2. The van der Waals surface area contributed by atoms with Gasteiger partial charge in [0.05, 0.1) is 0 Å². The van der Waals surface area contributed by atoms with Crippen molar-refractivity contribution in [2.24, 2.45) is 0 Å². The molecule has 0 unspecified atom stereocenters. The van der Waals surface area contributed by atoms with Crippen LogP contribution in [-0.4, -0.2) is 15.9 Å². The summed E-state index contributed by atoms with van der Waals surface area (Å²) in [6.07, 6.45) is 5.10. The van der Waals surface area contributed by atoms with Crippen LogP contribution in [0.15, 0.2) is 61.1 Å². The van der Waals surface area contributed by atoms with Crippen molar-refractivity contribution in [3.8, 4) is 0 Å². The van der Waals surface area contributed by atoms with Crippen LogP contribution in [0.25, 0.3) is 0 Å². The first kappa shape index (κ1) is 16.9. The molecule has 0 fully saturated rings. The molecule has 0 aliphatic carbocycles. The zero-order valence-electron chi connectivity index (χ0n) is 13.7. The lowest BCUT2D eigenvalue weighted by Crippen LogP contribution is -2.14. The molecule has 3 rings (SSSR count). The Bertz CT molecular complexity index is 884. The van der Waals surface area contributed by atoms with Gasteiger partial charge in [-0.3, -0.25) is 14.8 Å². The molecule has 2 heterocycles. The van der Waals surface area contributed by atoms with Gasteiger partial charge in [-0.2, -0.15) is 0 Å². The van der Waals surface area contributed by atoms with Crippen LogP contribution >= 0.6 is 11.6 Å². The molecule has 5 nitrogen and oxygen atoms in total. The van der Waals surface area contributed by atoms with Gasteiger partial charge in [0.1, 0.15) is 5.69 Å². The van der Waals surface area contributed by atoms with Gasteiger partial charge in [-0.1, -0.05) is 17.7 Å². The summed E-state index contributed by atoms with van der Waals surface area (Å²) in [5, 5.41) is 6.69. The Morgan fingerprint density at radius 1 is 1.08 bits per heavy atom. The van der Waals surface area contributed by atoms with E-state index in [0.29, 0.717) is 22.9 Å². The molecule has 0 spiro atoms. The molecule has 3 aromatic rings. The SMILES string of the molecule is Cc1ccc(Cl)cc1NC(=O)c1cc(NCc2ccncc2)ccn1. The Kier molecular flexibility index (Phi) is 5.26. The Labute approximate surface area is 151 Å². The lowest BCUT2D eigenvalue weighted by Gasteiger charge is -2.10. The maximum Gasteiger partial charge on any atom is 0.274 e. The normalized spacial score (nSPS) is 10.3. The third-order valence-electron chi connectivity index (χ3n) is 3.69. The molecule has 0 bridgehead atoms. The lowest BCUT2D eigenvalue weighted by atomic mass is 10.2. The molecule has 0 aliphatic rings. The van der Waals surface area contributed by atoms with Gasteiger partial charge in [0.25, 0.3) is 5.91 Å². The van der Waals surface area contributed by atoms with E-state index in [4.69, 9.17) is 11.6 Å². The maximum atomic E-state index is 12.5. The van der Waals surface area contributed by atoms with Gasteiger partial charge >= 0.3 is 0 Å². The molecule has 0 saturated carbocycles. The smallest absolute Gasteiger partial charge is 0.274 e. The molecule has 1 aromatic carbocycles. The van der Waals surface area contributed by atoms with Crippen LogP contribution in [0.1, 0.15) is 21.6 Å². The quantitative estimate of drug-likeness (QED) is 0.718. The van der Waals surface area contributed by atoms with Gasteiger partial charge in [0, 0.05) is 41.5 Å². The number of halogens is 1. The van der Waals surface area contributed by atoms with E-state index < -0.39 is 0 Å². The van der Waals surface area contributed by atoms with E-state index in [9.17, 15) is 4.79 Å². The first-order valence-corrected chi connectivity index (χ1v) is 8.16. The first-order valence-electron chi connectivity index (χ1n) is 7.78. The number of carbonyl (C=O) groups excluding carboxylic acids is 1. The number of aryl methyl sites for hydroxylation is 1. The average Bonchev–Trinajstić information content (AvgIpc) is 2.64. The van der Waals surface area contributed by atoms with Crippen LogP contribution in [-0.2, 0) is 6.54 Å². The minimum Gasteiger partial charge on any atom is -0.381 e. The molecule has 126 valence electrons. The topological polar surface area (TPSA) is 66.9 Å². The standard InChI is InChI=1S/C19H17ClN4O/c1-13-2-3-15(20)10-17(13)24-19(25)18-11-16(6-9-22-18)23-12-14-4-7-21-8-5-14/h2-11H,12H2,1H3,(H,22,23)(H,24,25). The van der Waals surface area contributed by atoms with Crippen molar-refractivity contribution in [1.29, 1.82) is 0 Å². The second kappa shape index (κ2) is 7.77. The minimum absolute atomic E-state index is 0.280. The Hall–Kier alpha value is -2.92.